The molecular formula is C17H29N2O+. The van der Waals surface area contributed by atoms with Gasteiger partial charge in [-0.3, -0.25) is 4.90 Å². The smallest absolute Gasteiger partial charge is 0.0824 e. The fourth-order valence-electron chi connectivity index (χ4n) is 5.34. The predicted molar refractivity (Wildman–Crippen MR) is 80.4 cm³/mol. The number of quaternary nitrogens is 1. The molecule has 3 fully saturated rings. The second-order valence-electron chi connectivity index (χ2n) is 7.79. The van der Waals surface area contributed by atoms with Crippen LogP contribution >= 0.6 is 0 Å². The number of allylic oxidation sites excluding steroid dienone is 2. The van der Waals surface area contributed by atoms with Crippen LogP contribution in [0.15, 0.2) is 12.2 Å². The van der Waals surface area contributed by atoms with Gasteiger partial charge in [0.2, 0.25) is 0 Å². The highest BCUT2D eigenvalue weighted by molar-refractivity contribution is 5.14. The van der Waals surface area contributed by atoms with E-state index in [0.29, 0.717) is 0 Å². The van der Waals surface area contributed by atoms with Gasteiger partial charge in [0, 0.05) is 37.9 Å². The second-order valence-corrected chi connectivity index (χ2v) is 7.79. The van der Waals surface area contributed by atoms with E-state index in [4.69, 9.17) is 4.74 Å². The maximum Gasteiger partial charge on any atom is 0.0824 e. The molecule has 0 spiro atoms. The molecule has 1 saturated carbocycles. The third-order valence-corrected chi connectivity index (χ3v) is 6.38. The zero-order chi connectivity index (χ0) is 13.6. The minimum absolute atomic E-state index is 0.934. The lowest BCUT2D eigenvalue weighted by atomic mass is 9.86. The highest BCUT2D eigenvalue weighted by atomic mass is 16.5. The SMILES string of the molecule is C[N+]1(CCCN2CCOCC2)C[C@@H]2[C@H](C1)[C@H]1C=C[C@H]2C1. The molecule has 2 bridgehead atoms. The van der Waals surface area contributed by atoms with Crippen LogP contribution in [0.5, 0.6) is 0 Å². The van der Waals surface area contributed by atoms with Gasteiger partial charge in [0.1, 0.15) is 0 Å². The number of ether oxygens (including phenoxy) is 1. The van der Waals surface area contributed by atoms with Gasteiger partial charge in [-0.15, -0.1) is 0 Å². The molecule has 2 heterocycles. The summed E-state index contributed by atoms with van der Waals surface area (Å²) in [5.74, 6) is 3.89. The molecular weight excluding hydrogens is 248 g/mol. The Balaban J connectivity index is 1.27. The van der Waals surface area contributed by atoms with Crippen LogP contribution in [0.1, 0.15) is 12.8 Å². The maximum atomic E-state index is 5.43. The number of hydrogen-bond donors (Lipinski definition) is 0. The number of fused-ring (bicyclic) bond motifs is 5. The summed E-state index contributed by atoms with van der Waals surface area (Å²) in [6, 6.07) is 0. The summed E-state index contributed by atoms with van der Waals surface area (Å²) in [4.78, 5) is 2.58. The fraction of sp³-hybridized carbons (Fsp3) is 0.882. The van der Waals surface area contributed by atoms with Crippen molar-refractivity contribution in [3.63, 3.8) is 0 Å². The first kappa shape index (κ1) is 13.3. The van der Waals surface area contributed by atoms with Gasteiger partial charge < -0.3 is 9.22 Å². The molecule has 0 aromatic carbocycles. The van der Waals surface area contributed by atoms with Crippen molar-refractivity contribution >= 4 is 0 Å². The maximum absolute atomic E-state index is 5.43. The van der Waals surface area contributed by atoms with Crippen LogP contribution in [0.4, 0.5) is 0 Å². The van der Waals surface area contributed by atoms with E-state index < -0.39 is 0 Å². The van der Waals surface area contributed by atoms with Crippen LogP contribution in [0, 0.1) is 23.7 Å². The summed E-state index contributed by atoms with van der Waals surface area (Å²) >= 11 is 0. The monoisotopic (exact) mass is 277 g/mol. The largest absolute Gasteiger partial charge is 0.379 e. The molecule has 0 aromatic rings. The molecule has 2 aliphatic carbocycles. The Labute approximate surface area is 123 Å². The molecule has 4 aliphatic rings. The van der Waals surface area contributed by atoms with Crippen molar-refractivity contribution in [2.24, 2.45) is 23.7 Å². The van der Waals surface area contributed by atoms with Crippen LogP contribution in [0.25, 0.3) is 0 Å². The highest BCUT2D eigenvalue weighted by Gasteiger charge is 2.54. The number of hydrogen-bond acceptors (Lipinski definition) is 2. The van der Waals surface area contributed by atoms with E-state index in [1.807, 2.05) is 0 Å². The minimum atomic E-state index is 0.934. The van der Waals surface area contributed by atoms with Crippen molar-refractivity contribution in [3.05, 3.63) is 12.2 Å². The Hall–Kier alpha value is -0.380. The topological polar surface area (TPSA) is 12.5 Å². The Morgan fingerprint density at radius 1 is 1.10 bits per heavy atom. The van der Waals surface area contributed by atoms with Gasteiger partial charge in [0.25, 0.3) is 0 Å². The Morgan fingerprint density at radius 2 is 1.75 bits per heavy atom. The van der Waals surface area contributed by atoms with Gasteiger partial charge in [0.15, 0.2) is 0 Å². The van der Waals surface area contributed by atoms with Gasteiger partial charge in [-0.05, 0) is 18.3 Å². The molecule has 2 aliphatic heterocycles. The Kier molecular flexibility index (Phi) is 3.40. The minimum Gasteiger partial charge on any atom is -0.379 e. The zero-order valence-electron chi connectivity index (χ0n) is 12.8. The third-order valence-electron chi connectivity index (χ3n) is 6.38. The molecule has 0 N–H and O–H groups in total. The quantitative estimate of drug-likeness (QED) is 0.572. The molecule has 0 radical (unpaired) electrons. The summed E-state index contributed by atoms with van der Waals surface area (Å²) in [5, 5.41) is 0. The molecule has 0 amide bonds. The molecule has 3 heteroatoms. The van der Waals surface area contributed by atoms with E-state index in [1.165, 1.54) is 43.5 Å². The molecule has 112 valence electrons. The standard InChI is InChI=1S/C17H29N2O/c1-19(8-2-5-18-6-9-20-10-7-18)12-16-14-3-4-15(11-14)17(16)13-19/h3-4,14-17H,2,5-13H2,1H3/q+1/t14-,15-,16-,17+,19?/m0/s1. The van der Waals surface area contributed by atoms with Crippen molar-refractivity contribution in [1.82, 2.24) is 4.90 Å². The lowest BCUT2D eigenvalue weighted by Crippen LogP contribution is -2.45. The molecule has 0 aromatic heterocycles. The molecule has 1 unspecified atom stereocenters. The molecule has 4 rings (SSSR count). The highest BCUT2D eigenvalue weighted by Crippen LogP contribution is 2.52. The first-order valence-corrected chi connectivity index (χ1v) is 8.55. The number of rotatable bonds is 4. The number of nitrogens with zero attached hydrogens (tertiary/aromatic N) is 2. The first-order valence-electron chi connectivity index (χ1n) is 8.55. The first-order chi connectivity index (χ1) is 9.73. The van der Waals surface area contributed by atoms with E-state index >= 15 is 0 Å². The Morgan fingerprint density at radius 3 is 2.40 bits per heavy atom. The van der Waals surface area contributed by atoms with E-state index in [9.17, 15) is 0 Å². The van der Waals surface area contributed by atoms with E-state index in [0.717, 1.165) is 50.0 Å². The average molecular weight is 277 g/mol. The third kappa shape index (κ3) is 2.34. The fourth-order valence-corrected chi connectivity index (χ4v) is 5.34. The van der Waals surface area contributed by atoms with E-state index in [-0.39, 0.29) is 0 Å². The van der Waals surface area contributed by atoms with Crippen molar-refractivity contribution < 1.29 is 9.22 Å². The zero-order valence-corrected chi connectivity index (χ0v) is 12.8. The lowest BCUT2D eigenvalue weighted by molar-refractivity contribution is -0.901. The summed E-state index contributed by atoms with van der Waals surface area (Å²) in [6.45, 7) is 9.70. The predicted octanol–water partition coefficient (Wildman–Crippen LogP) is 1.61. The van der Waals surface area contributed by atoms with Crippen LogP contribution < -0.4 is 0 Å². The van der Waals surface area contributed by atoms with Crippen molar-refractivity contribution in [2.75, 3.05) is 59.5 Å². The van der Waals surface area contributed by atoms with Crippen LogP contribution in [-0.4, -0.2) is 68.9 Å². The van der Waals surface area contributed by atoms with Crippen LogP contribution in [-0.2, 0) is 4.74 Å². The molecule has 20 heavy (non-hydrogen) atoms. The summed E-state index contributed by atoms with van der Waals surface area (Å²) < 4.78 is 6.77. The molecule has 2 saturated heterocycles. The lowest BCUT2D eigenvalue weighted by Gasteiger charge is -2.33. The number of morpholine rings is 1. The van der Waals surface area contributed by atoms with Gasteiger partial charge in [-0.2, -0.15) is 0 Å². The average Bonchev–Trinajstić information content (AvgIpc) is 3.11. The molecule has 5 atom stereocenters. The van der Waals surface area contributed by atoms with Crippen molar-refractivity contribution in [1.29, 1.82) is 0 Å². The van der Waals surface area contributed by atoms with Gasteiger partial charge in [0.05, 0.1) is 39.9 Å². The number of likely N-dealkylation sites (tertiary alicyclic amines) is 1. The summed E-state index contributed by atoms with van der Waals surface area (Å²) in [7, 11) is 2.51. The van der Waals surface area contributed by atoms with Gasteiger partial charge in [-0.1, -0.05) is 12.2 Å². The van der Waals surface area contributed by atoms with E-state index in [1.54, 1.807) is 0 Å². The summed E-state index contributed by atoms with van der Waals surface area (Å²) in [5.41, 5.74) is 0. The normalized spacial score (nSPS) is 47.0. The van der Waals surface area contributed by atoms with Crippen molar-refractivity contribution in [2.45, 2.75) is 12.8 Å². The second kappa shape index (κ2) is 5.11. The van der Waals surface area contributed by atoms with E-state index in [2.05, 4.69) is 24.1 Å². The van der Waals surface area contributed by atoms with Gasteiger partial charge >= 0.3 is 0 Å². The summed E-state index contributed by atoms with van der Waals surface area (Å²) in [6.07, 6.45) is 7.88. The van der Waals surface area contributed by atoms with Crippen molar-refractivity contribution in [3.8, 4) is 0 Å². The van der Waals surface area contributed by atoms with Crippen LogP contribution in [0.2, 0.25) is 0 Å². The van der Waals surface area contributed by atoms with Crippen LogP contribution in [0.3, 0.4) is 0 Å². The molecule has 3 nitrogen and oxygen atoms in total. The van der Waals surface area contributed by atoms with Gasteiger partial charge in [-0.25, -0.2) is 0 Å². The Bertz CT molecular complexity index is 368.